The van der Waals surface area contributed by atoms with Crippen molar-refractivity contribution in [1.82, 2.24) is 0 Å². The molecule has 0 aliphatic rings. The molecule has 0 atom stereocenters. The number of carbonyl (C=O) groups excluding carboxylic acids is 1. The topological polar surface area (TPSA) is 35.5 Å². The monoisotopic (exact) mass is 278 g/mol. The SMILES string of the molecule is CC(C)c1ccc(C(=O)COCCOC(C)(C)C)cc1. The van der Waals surface area contributed by atoms with Gasteiger partial charge in [-0.2, -0.15) is 0 Å². The van der Waals surface area contributed by atoms with Gasteiger partial charge in [-0.15, -0.1) is 0 Å². The van der Waals surface area contributed by atoms with Crippen molar-refractivity contribution >= 4 is 5.78 Å². The van der Waals surface area contributed by atoms with Gasteiger partial charge in [0.25, 0.3) is 0 Å². The molecule has 112 valence electrons. The van der Waals surface area contributed by atoms with E-state index in [-0.39, 0.29) is 18.0 Å². The molecular weight excluding hydrogens is 252 g/mol. The first-order chi connectivity index (χ1) is 9.29. The number of benzene rings is 1. The van der Waals surface area contributed by atoms with Crippen LogP contribution in [0.25, 0.3) is 0 Å². The number of Topliss-reactive ketones (excluding diaryl/α,β-unsaturated/α-hetero) is 1. The Kier molecular flexibility index (Phi) is 6.37. The Labute approximate surface area is 122 Å². The lowest BCUT2D eigenvalue weighted by Gasteiger charge is -2.19. The van der Waals surface area contributed by atoms with Crippen molar-refractivity contribution in [2.75, 3.05) is 19.8 Å². The van der Waals surface area contributed by atoms with E-state index in [1.54, 1.807) is 0 Å². The van der Waals surface area contributed by atoms with Gasteiger partial charge in [0, 0.05) is 5.56 Å². The fourth-order valence-corrected chi connectivity index (χ4v) is 1.71. The van der Waals surface area contributed by atoms with Crippen molar-refractivity contribution in [1.29, 1.82) is 0 Å². The highest BCUT2D eigenvalue weighted by Gasteiger charge is 2.10. The predicted molar refractivity (Wildman–Crippen MR) is 81.4 cm³/mol. The molecule has 0 aromatic heterocycles. The molecule has 0 saturated carbocycles. The van der Waals surface area contributed by atoms with Gasteiger partial charge in [-0.3, -0.25) is 4.79 Å². The first-order valence-corrected chi connectivity index (χ1v) is 7.14. The minimum absolute atomic E-state index is 0.0102. The van der Waals surface area contributed by atoms with Gasteiger partial charge in [-0.1, -0.05) is 38.1 Å². The first-order valence-electron chi connectivity index (χ1n) is 7.14. The van der Waals surface area contributed by atoms with Gasteiger partial charge in [0.2, 0.25) is 0 Å². The molecule has 1 aromatic carbocycles. The van der Waals surface area contributed by atoms with Gasteiger partial charge in [-0.05, 0) is 32.3 Å². The largest absolute Gasteiger partial charge is 0.373 e. The highest BCUT2D eigenvalue weighted by atomic mass is 16.5. The zero-order valence-corrected chi connectivity index (χ0v) is 13.2. The van der Waals surface area contributed by atoms with Crippen LogP contribution in [0.3, 0.4) is 0 Å². The van der Waals surface area contributed by atoms with E-state index in [1.807, 2.05) is 45.0 Å². The molecule has 0 spiro atoms. The van der Waals surface area contributed by atoms with Crippen molar-refractivity contribution in [2.24, 2.45) is 0 Å². The highest BCUT2D eigenvalue weighted by molar-refractivity contribution is 5.97. The summed E-state index contributed by atoms with van der Waals surface area (Å²) in [5, 5.41) is 0. The van der Waals surface area contributed by atoms with Crippen LogP contribution in [0.5, 0.6) is 0 Å². The van der Waals surface area contributed by atoms with Crippen molar-refractivity contribution in [3.05, 3.63) is 35.4 Å². The maximum Gasteiger partial charge on any atom is 0.188 e. The van der Waals surface area contributed by atoms with Crippen LogP contribution in [0.1, 0.15) is 56.5 Å². The highest BCUT2D eigenvalue weighted by Crippen LogP contribution is 2.15. The lowest BCUT2D eigenvalue weighted by molar-refractivity contribution is -0.0324. The van der Waals surface area contributed by atoms with Crippen LogP contribution in [0.15, 0.2) is 24.3 Å². The fourth-order valence-electron chi connectivity index (χ4n) is 1.71. The number of hydrogen-bond donors (Lipinski definition) is 0. The van der Waals surface area contributed by atoms with Gasteiger partial charge in [0.05, 0.1) is 18.8 Å². The quantitative estimate of drug-likeness (QED) is 0.562. The summed E-state index contributed by atoms with van der Waals surface area (Å²) in [7, 11) is 0. The molecular formula is C17H26O3. The van der Waals surface area contributed by atoms with Crippen LogP contribution in [0, 0.1) is 0 Å². The third kappa shape index (κ3) is 6.31. The minimum atomic E-state index is -0.167. The summed E-state index contributed by atoms with van der Waals surface area (Å²) >= 11 is 0. The second kappa shape index (κ2) is 7.55. The summed E-state index contributed by atoms with van der Waals surface area (Å²) < 4.78 is 10.9. The Bertz CT molecular complexity index is 413. The molecule has 0 N–H and O–H groups in total. The van der Waals surface area contributed by atoms with Crippen LogP contribution in [0.2, 0.25) is 0 Å². The van der Waals surface area contributed by atoms with Crippen molar-refractivity contribution in [3.63, 3.8) is 0 Å². The Hall–Kier alpha value is -1.19. The van der Waals surface area contributed by atoms with Crippen molar-refractivity contribution in [3.8, 4) is 0 Å². The van der Waals surface area contributed by atoms with Gasteiger partial charge in [0.1, 0.15) is 6.61 Å². The van der Waals surface area contributed by atoms with Crippen molar-refractivity contribution < 1.29 is 14.3 Å². The second-order valence-corrected chi connectivity index (χ2v) is 6.21. The predicted octanol–water partition coefficient (Wildman–Crippen LogP) is 3.82. The van der Waals surface area contributed by atoms with Gasteiger partial charge >= 0.3 is 0 Å². The van der Waals surface area contributed by atoms with Crippen LogP contribution in [-0.4, -0.2) is 31.2 Å². The molecule has 3 nitrogen and oxygen atoms in total. The van der Waals surface area contributed by atoms with E-state index in [0.717, 1.165) is 0 Å². The molecule has 0 aliphatic heterocycles. The zero-order chi connectivity index (χ0) is 15.2. The summed E-state index contributed by atoms with van der Waals surface area (Å²) in [5.74, 6) is 0.487. The molecule has 0 unspecified atom stereocenters. The van der Waals surface area contributed by atoms with E-state index in [1.165, 1.54) is 5.56 Å². The van der Waals surface area contributed by atoms with Crippen molar-refractivity contribution in [2.45, 2.75) is 46.1 Å². The molecule has 0 amide bonds. The summed E-state index contributed by atoms with van der Waals surface area (Å²) in [5.41, 5.74) is 1.77. The van der Waals surface area contributed by atoms with E-state index in [2.05, 4.69) is 13.8 Å². The number of ketones is 1. The molecule has 0 aliphatic carbocycles. The molecule has 0 radical (unpaired) electrons. The molecule has 20 heavy (non-hydrogen) atoms. The van der Waals surface area contributed by atoms with Crippen LogP contribution < -0.4 is 0 Å². The number of rotatable bonds is 7. The Morgan fingerprint density at radius 2 is 1.70 bits per heavy atom. The van der Waals surface area contributed by atoms with E-state index < -0.39 is 0 Å². The summed E-state index contributed by atoms with van der Waals surface area (Å²) in [6.45, 7) is 11.3. The molecule has 0 saturated heterocycles. The van der Waals surface area contributed by atoms with Crippen LogP contribution in [0.4, 0.5) is 0 Å². The molecule has 1 aromatic rings. The molecule has 0 bridgehead atoms. The smallest absolute Gasteiger partial charge is 0.188 e. The lowest BCUT2D eigenvalue weighted by Crippen LogP contribution is -2.22. The normalized spacial score (nSPS) is 11.9. The van der Waals surface area contributed by atoms with Crippen LogP contribution >= 0.6 is 0 Å². The van der Waals surface area contributed by atoms with Gasteiger partial charge in [0.15, 0.2) is 5.78 Å². The third-order valence-corrected chi connectivity index (χ3v) is 2.90. The average Bonchev–Trinajstić information content (AvgIpc) is 2.37. The lowest BCUT2D eigenvalue weighted by atomic mass is 10.0. The van der Waals surface area contributed by atoms with E-state index in [4.69, 9.17) is 9.47 Å². The molecule has 0 fully saturated rings. The second-order valence-electron chi connectivity index (χ2n) is 6.21. The Morgan fingerprint density at radius 3 is 2.20 bits per heavy atom. The molecule has 1 rings (SSSR count). The zero-order valence-electron chi connectivity index (χ0n) is 13.2. The number of carbonyl (C=O) groups is 1. The van der Waals surface area contributed by atoms with E-state index in [0.29, 0.717) is 24.7 Å². The summed E-state index contributed by atoms with van der Waals surface area (Å²) in [6.07, 6.45) is 0. The molecule has 0 heterocycles. The fraction of sp³-hybridized carbons (Fsp3) is 0.588. The summed E-state index contributed by atoms with van der Waals surface area (Å²) in [6, 6.07) is 7.74. The van der Waals surface area contributed by atoms with Gasteiger partial charge in [-0.25, -0.2) is 0 Å². The molecule has 3 heteroatoms. The minimum Gasteiger partial charge on any atom is -0.373 e. The Balaban J connectivity index is 2.32. The average molecular weight is 278 g/mol. The maximum absolute atomic E-state index is 11.9. The van der Waals surface area contributed by atoms with E-state index in [9.17, 15) is 4.79 Å². The van der Waals surface area contributed by atoms with Crippen LogP contribution in [-0.2, 0) is 9.47 Å². The number of ether oxygens (including phenoxy) is 2. The number of hydrogen-bond acceptors (Lipinski definition) is 3. The van der Waals surface area contributed by atoms with E-state index >= 15 is 0 Å². The maximum atomic E-state index is 11.9. The standard InChI is InChI=1S/C17H26O3/c1-13(2)14-6-8-15(9-7-14)16(18)12-19-10-11-20-17(3,4)5/h6-9,13H,10-12H2,1-5H3. The Morgan fingerprint density at radius 1 is 1.10 bits per heavy atom. The van der Waals surface area contributed by atoms with Gasteiger partial charge < -0.3 is 9.47 Å². The first kappa shape index (κ1) is 16.9. The third-order valence-electron chi connectivity index (χ3n) is 2.90. The summed E-state index contributed by atoms with van der Waals surface area (Å²) in [4.78, 5) is 11.9.